The van der Waals surface area contributed by atoms with Crippen LogP contribution in [-0.2, 0) is 10.0 Å². The van der Waals surface area contributed by atoms with Crippen molar-refractivity contribution in [3.63, 3.8) is 0 Å². The number of rotatable bonds is 7. The molecular weight excluding hydrogens is 386 g/mol. The van der Waals surface area contributed by atoms with E-state index in [0.29, 0.717) is 21.8 Å². The van der Waals surface area contributed by atoms with Gasteiger partial charge in [0.2, 0.25) is 5.88 Å². The number of carbonyl (C=O) groups is 1. The van der Waals surface area contributed by atoms with Gasteiger partial charge in [-0.1, -0.05) is 11.2 Å². The fourth-order valence-corrected chi connectivity index (χ4v) is 3.83. The summed E-state index contributed by atoms with van der Waals surface area (Å²) >= 11 is 1.37. The number of benzene rings is 1. The van der Waals surface area contributed by atoms with Gasteiger partial charge >= 0.3 is 0 Å². The van der Waals surface area contributed by atoms with Crippen molar-refractivity contribution >= 4 is 38.7 Å². The van der Waals surface area contributed by atoms with Gasteiger partial charge in [0.25, 0.3) is 10.0 Å². The lowest BCUT2D eigenvalue weighted by molar-refractivity contribution is 0.105. The van der Waals surface area contributed by atoms with E-state index in [-0.39, 0.29) is 16.6 Å². The molecule has 0 aliphatic carbocycles. The number of carbonyl (C=O) groups excluding carboxylic acids is 1. The van der Waals surface area contributed by atoms with Crippen molar-refractivity contribution in [2.75, 3.05) is 10.0 Å². The molecule has 27 heavy (non-hydrogen) atoms. The van der Waals surface area contributed by atoms with Crippen LogP contribution in [0.25, 0.3) is 0 Å². The average Bonchev–Trinajstić information content (AvgIpc) is 3.28. The van der Waals surface area contributed by atoms with Gasteiger partial charge in [0, 0.05) is 23.5 Å². The maximum atomic E-state index is 12.4. The minimum atomic E-state index is -3.79. The van der Waals surface area contributed by atoms with Crippen LogP contribution in [0.3, 0.4) is 0 Å². The van der Waals surface area contributed by atoms with E-state index in [1.165, 1.54) is 35.7 Å². The second kappa shape index (κ2) is 7.77. The largest absolute Gasteiger partial charge is 0.362 e. The zero-order valence-corrected chi connectivity index (χ0v) is 16.2. The van der Waals surface area contributed by atoms with Crippen LogP contribution < -0.4 is 10.0 Å². The van der Waals surface area contributed by atoms with Crippen molar-refractivity contribution in [3.05, 3.63) is 70.2 Å². The number of ketones is 1. The van der Waals surface area contributed by atoms with E-state index in [2.05, 4.69) is 15.2 Å². The van der Waals surface area contributed by atoms with Crippen molar-refractivity contribution in [3.8, 4) is 0 Å². The Hall–Kier alpha value is -2.91. The Balaban J connectivity index is 1.65. The van der Waals surface area contributed by atoms with Crippen LogP contribution in [0.4, 0.5) is 11.6 Å². The predicted octanol–water partition coefficient (Wildman–Crippen LogP) is 3.96. The Labute approximate surface area is 160 Å². The van der Waals surface area contributed by atoms with E-state index in [1.807, 2.05) is 11.4 Å². The highest BCUT2D eigenvalue weighted by atomic mass is 32.2. The van der Waals surface area contributed by atoms with E-state index in [4.69, 9.17) is 4.52 Å². The summed E-state index contributed by atoms with van der Waals surface area (Å²) in [7, 11) is -3.79. The number of aromatic nitrogens is 1. The van der Waals surface area contributed by atoms with E-state index < -0.39 is 10.0 Å². The fraction of sp³-hybridized carbons (Fsp3) is 0.111. The molecule has 7 nitrogen and oxygen atoms in total. The van der Waals surface area contributed by atoms with Crippen molar-refractivity contribution < 1.29 is 17.7 Å². The van der Waals surface area contributed by atoms with Crippen LogP contribution >= 0.6 is 11.3 Å². The maximum absolute atomic E-state index is 12.4. The number of nitrogens with zero attached hydrogens (tertiary/aromatic N) is 1. The highest BCUT2D eigenvalue weighted by molar-refractivity contribution is 7.92. The van der Waals surface area contributed by atoms with E-state index >= 15 is 0 Å². The lowest BCUT2D eigenvalue weighted by atomic mass is 10.3. The summed E-state index contributed by atoms with van der Waals surface area (Å²) in [5.74, 6) is 0.00310. The summed E-state index contributed by atoms with van der Waals surface area (Å²) in [6.07, 6.45) is 2.94. The monoisotopic (exact) mass is 403 g/mol. The molecule has 1 aromatic carbocycles. The number of hydrogen-bond donors (Lipinski definition) is 2. The van der Waals surface area contributed by atoms with Crippen molar-refractivity contribution in [2.45, 2.75) is 18.7 Å². The standard InChI is InChI=1S/C18H17N3O4S2/c1-12-13(2)20-25-18(12)21-27(23,24)15-7-5-14(6-8-15)19-10-9-16(22)17-4-3-11-26-17/h3-11,19,21H,1-2H3/b10-9+. The molecule has 2 aromatic heterocycles. The molecule has 3 rings (SSSR count). The van der Waals surface area contributed by atoms with Crippen LogP contribution in [-0.4, -0.2) is 19.4 Å². The molecule has 0 fully saturated rings. The number of sulfonamides is 1. The van der Waals surface area contributed by atoms with E-state index in [9.17, 15) is 13.2 Å². The summed E-state index contributed by atoms with van der Waals surface area (Å²) < 4.78 is 32.2. The second-order valence-corrected chi connectivity index (χ2v) is 8.30. The first-order valence-corrected chi connectivity index (χ1v) is 10.3. The molecule has 0 spiro atoms. The summed E-state index contributed by atoms with van der Waals surface area (Å²) in [5.41, 5.74) is 1.91. The normalized spacial score (nSPS) is 11.6. The van der Waals surface area contributed by atoms with Crippen LogP contribution in [0.1, 0.15) is 20.9 Å². The van der Waals surface area contributed by atoms with Crippen LogP contribution in [0, 0.1) is 13.8 Å². The molecule has 2 N–H and O–H groups in total. The van der Waals surface area contributed by atoms with Gasteiger partial charge < -0.3 is 9.84 Å². The Morgan fingerprint density at radius 1 is 1.19 bits per heavy atom. The molecule has 9 heteroatoms. The predicted molar refractivity (Wildman–Crippen MR) is 105 cm³/mol. The van der Waals surface area contributed by atoms with E-state index in [1.54, 1.807) is 32.0 Å². The van der Waals surface area contributed by atoms with Gasteiger partial charge in [-0.3, -0.25) is 4.79 Å². The quantitative estimate of drug-likeness (QED) is 0.457. The van der Waals surface area contributed by atoms with E-state index in [0.717, 1.165) is 0 Å². The minimum Gasteiger partial charge on any atom is -0.362 e. The third-order valence-corrected chi connectivity index (χ3v) is 6.03. The highest BCUT2D eigenvalue weighted by Gasteiger charge is 2.19. The molecule has 0 saturated heterocycles. The number of allylic oxidation sites excluding steroid dienone is 1. The third kappa shape index (κ3) is 4.44. The molecule has 0 aliphatic heterocycles. The first kappa shape index (κ1) is 18.9. The SMILES string of the molecule is Cc1noc(NS(=O)(=O)c2ccc(N/C=C/C(=O)c3cccs3)cc2)c1C. The molecule has 3 aromatic rings. The number of nitrogens with one attached hydrogen (secondary N) is 2. The van der Waals surface area contributed by atoms with Crippen molar-refractivity contribution in [1.29, 1.82) is 0 Å². The summed E-state index contributed by atoms with van der Waals surface area (Å²) in [5, 5.41) is 8.50. The lowest BCUT2D eigenvalue weighted by Gasteiger charge is -2.07. The second-order valence-electron chi connectivity index (χ2n) is 5.67. The highest BCUT2D eigenvalue weighted by Crippen LogP contribution is 2.22. The minimum absolute atomic E-state index is 0.0835. The first-order valence-electron chi connectivity index (χ1n) is 7.93. The Bertz CT molecular complexity index is 1070. The smallest absolute Gasteiger partial charge is 0.264 e. The van der Waals surface area contributed by atoms with Gasteiger partial charge in [-0.15, -0.1) is 11.3 Å². The molecule has 0 bridgehead atoms. The van der Waals surface area contributed by atoms with Gasteiger partial charge in [0.1, 0.15) is 0 Å². The van der Waals surface area contributed by atoms with Gasteiger partial charge in [-0.2, -0.15) is 0 Å². The van der Waals surface area contributed by atoms with Gasteiger partial charge in [-0.25, -0.2) is 13.1 Å². The summed E-state index contributed by atoms with van der Waals surface area (Å²) in [6, 6.07) is 9.69. The number of anilines is 2. The van der Waals surface area contributed by atoms with Gasteiger partial charge in [0.15, 0.2) is 5.78 Å². The topological polar surface area (TPSA) is 101 Å². The van der Waals surface area contributed by atoms with Crippen LogP contribution in [0.15, 0.2) is 63.5 Å². The molecule has 0 amide bonds. The molecule has 0 unspecified atom stereocenters. The zero-order valence-electron chi connectivity index (χ0n) is 14.6. The Morgan fingerprint density at radius 2 is 1.93 bits per heavy atom. The summed E-state index contributed by atoms with van der Waals surface area (Å²) in [6.45, 7) is 3.45. The van der Waals surface area contributed by atoms with Crippen LogP contribution in [0.2, 0.25) is 0 Å². The first-order chi connectivity index (χ1) is 12.9. The van der Waals surface area contributed by atoms with Crippen molar-refractivity contribution in [2.24, 2.45) is 0 Å². The molecule has 2 heterocycles. The number of hydrogen-bond acceptors (Lipinski definition) is 7. The molecule has 0 saturated carbocycles. The molecule has 0 radical (unpaired) electrons. The number of thiophene rings is 1. The number of aryl methyl sites for hydroxylation is 1. The van der Waals surface area contributed by atoms with Gasteiger partial charge in [0.05, 0.1) is 15.5 Å². The summed E-state index contributed by atoms with van der Waals surface area (Å²) in [4.78, 5) is 12.6. The zero-order chi connectivity index (χ0) is 19.4. The Kier molecular flexibility index (Phi) is 5.43. The van der Waals surface area contributed by atoms with Crippen molar-refractivity contribution in [1.82, 2.24) is 5.16 Å². The van der Waals surface area contributed by atoms with Crippen LogP contribution in [0.5, 0.6) is 0 Å². The lowest BCUT2D eigenvalue weighted by Crippen LogP contribution is -2.13. The molecule has 0 atom stereocenters. The fourth-order valence-electron chi connectivity index (χ4n) is 2.14. The third-order valence-electron chi connectivity index (χ3n) is 3.80. The maximum Gasteiger partial charge on any atom is 0.264 e. The molecular formula is C18H17N3O4S2. The molecule has 140 valence electrons. The molecule has 0 aliphatic rings. The van der Waals surface area contributed by atoms with Gasteiger partial charge in [-0.05, 0) is 49.6 Å². The Morgan fingerprint density at radius 3 is 2.52 bits per heavy atom. The average molecular weight is 403 g/mol.